The van der Waals surface area contributed by atoms with E-state index in [1.165, 1.54) is 18.4 Å². The van der Waals surface area contributed by atoms with Crippen molar-refractivity contribution in [2.45, 2.75) is 38.6 Å². The number of hydrogen-bond acceptors (Lipinski definition) is 4. The summed E-state index contributed by atoms with van der Waals surface area (Å²) < 4.78 is 5.49. The first-order valence-electron chi connectivity index (χ1n) is 6.87. The zero-order chi connectivity index (χ0) is 13.2. The van der Waals surface area contributed by atoms with Crippen molar-refractivity contribution < 1.29 is 4.42 Å². The smallest absolute Gasteiger partial charge is 0.196 e. The average Bonchev–Trinajstić information content (AvgIpc) is 2.74. The highest BCUT2D eigenvalue weighted by atomic mass is 16.3. The van der Waals surface area contributed by atoms with Crippen molar-refractivity contribution in [1.82, 2.24) is 15.3 Å². The van der Waals surface area contributed by atoms with E-state index in [9.17, 15) is 0 Å². The second-order valence-electron chi connectivity index (χ2n) is 5.12. The molecule has 1 unspecified atom stereocenters. The second kappa shape index (κ2) is 5.13. The van der Waals surface area contributed by atoms with Crippen LogP contribution in [0.3, 0.4) is 0 Å². The summed E-state index contributed by atoms with van der Waals surface area (Å²) in [5, 5.41) is 3.36. The third-order valence-corrected chi connectivity index (χ3v) is 3.85. The highest BCUT2D eigenvalue weighted by Gasteiger charge is 2.20. The first kappa shape index (κ1) is 12.4. The lowest BCUT2D eigenvalue weighted by atomic mass is 10.1. The Balaban J connectivity index is 2.04. The number of nitrogens with one attached hydrogen (secondary N) is 1. The van der Waals surface area contributed by atoms with Gasteiger partial charge >= 0.3 is 0 Å². The average molecular weight is 257 g/mol. The summed E-state index contributed by atoms with van der Waals surface area (Å²) in [4.78, 5) is 9.22. The third kappa shape index (κ3) is 2.28. The maximum atomic E-state index is 5.49. The van der Waals surface area contributed by atoms with E-state index in [4.69, 9.17) is 9.40 Å². The molecule has 0 fully saturated rings. The topological polar surface area (TPSA) is 51.0 Å². The zero-order valence-corrected chi connectivity index (χ0v) is 11.4. The van der Waals surface area contributed by atoms with E-state index in [-0.39, 0.29) is 0 Å². The number of aromatic nitrogens is 2. The van der Waals surface area contributed by atoms with Gasteiger partial charge in [0.15, 0.2) is 11.6 Å². The molecule has 4 heteroatoms. The van der Waals surface area contributed by atoms with Gasteiger partial charge in [0, 0.05) is 23.5 Å². The molecule has 19 heavy (non-hydrogen) atoms. The molecule has 0 spiro atoms. The largest absolute Gasteiger partial charge is 0.461 e. The van der Waals surface area contributed by atoms with E-state index in [2.05, 4.69) is 10.3 Å². The molecule has 4 nitrogen and oxygen atoms in total. The van der Waals surface area contributed by atoms with Crippen LogP contribution in [-0.4, -0.2) is 17.0 Å². The normalized spacial score (nSPS) is 18.9. The van der Waals surface area contributed by atoms with Crippen molar-refractivity contribution in [3.8, 4) is 11.6 Å². The highest BCUT2D eigenvalue weighted by Crippen LogP contribution is 2.29. The monoisotopic (exact) mass is 257 g/mol. The maximum absolute atomic E-state index is 5.49. The Labute approximate surface area is 113 Å². The van der Waals surface area contributed by atoms with E-state index in [1.54, 1.807) is 6.26 Å². The summed E-state index contributed by atoms with van der Waals surface area (Å²) in [6.07, 6.45) is 8.27. The SMILES string of the molecule is CNC1CCCCc2nc(-c3occc3C)ncc21. The van der Waals surface area contributed by atoms with Crippen molar-refractivity contribution in [3.05, 3.63) is 35.3 Å². The van der Waals surface area contributed by atoms with Gasteiger partial charge < -0.3 is 9.73 Å². The number of hydrogen-bond donors (Lipinski definition) is 1. The molecular formula is C15H19N3O. The van der Waals surface area contributed by atoms with Crippen molar-refractivity contribution in [3.63, 3.8) is 0 Å². The minimum atomic E-state index is 0.379. The molecule has 100 valence electrons. The van der Waals surface area contributed by atoms with E-state index < -0.39 is 0 Å². The Hall–Kier alpha value is -1.68. The molecule has 1 atom stereocenters. The summed E-state index contributed by atoms with van der Waals surface area (Å²) in [7, 11) is 2.00. The Bertz CT molecular complexity index is 577. The molecule has 2 aromatic heterocycles. The van der Waals surface area contributed by atoms with Gasteiger partial charge in [-0.15, -0.1) is 0 Å². The van der Waals surface area contributed by atoms with Crippen LogP contribution in [0.1, 0.15) is 42.1 Å². The molecule has 0 saturated heterocycles. The maximum Gasteiger partial charge on any atom is 0.196 e. The molecule has 0 bridgehead atoms. The summed E-state index contributed by atoms with van der Waals surface area (Å²) in [6.45, 7) is 2.02. The van der Waals surface area contributed by atoms with E-state index >= 15 is 0 Å². The van der Waals surface area contributed by atoms with Crippen LogP contribution in [0.15, 0.2) is 22.9 Å². The molecule has 1 aliphatic rings. The van der Waals surface area contributed by atoms with Crippen molar-refractivity contribution in [2.24, 2.45) is 0 Å². The molecule has 3 rings (SSSR count). The summed E-state index contributed by atoms with van der Waals surface area (Å²) in [5.41, 5.74) is 3.49. The van der Waals surface area contributed by atoms with Crippen LogP contribution in [0, 0.1) is 6.92 Å². The van der Waals surface area contributed by atoms with Gasteiger partial charge in [-0.3, -0.25) is 0 Å². The van der Waals surface area contributed by atoms with Gasteiger partial charge in [-0.2, -0.15) is 0 Å². The third-order valence-electron chi connectivity index (χ3n) is 3.85. The zero-order valence-electron chi connectivity index (χ0n) is 11.4. The fourth-order valence-corrected chi connectivity index (χ4v) is 2.73. The van der Waals surface area contributed by atoms with Gasteiger partial charge in [0.05, 0.1) is 6.26 Å². The molecule has 2 heterocycles. The van der Waals surface area contributed by atoms with Crippen LogP contribution < -0.4 is 5.32 Å². The molecule has 1 N–H and O–H groups in total. The molecule has 0 radical (unpaired) electrons. The number of fused-ring (bicyclic) bond motifs is 1. The van der Waals surface area contributed by atoms with Crippen LogP contribution in [0.25, 0.3) is 11.6 Å². The fraction of sp³-hybridized carbons (Fsp3) is 0.467. The van der Waals surface area contributed by atoms with Crippen molar-refractivity contribution in [1.29, 1.82) is 0 Å². The molecule has 2 aromatic rings. The predicted octanol–water partition coefficient (Wildman–Crippen LogP) is 3.03. The molecule has 0 aliphatic heterocycles. The molecule has 0 amide bonds. The minimum absolute atomic E-state index is 0.379. The standard InChI is InChI=1S/C15H19N3O/c1-10-7-8-19-14(10)15-17-9-11-12(16-2)5-3-4-6-13(11)18-15/h7-9,12,16H,3-6H2,1-2H3. The van der Waals surface area contributed by atoms with E-state index in [0.29, 0.717) is 11.9 Å². The van der Waals surface area contributed by atoms with Gasteiger partial charge in [-0.05, 0) is 44.9 Å². The van der Waals surface area contributed by atoms with Crippen LogP contribution in [0.5, 0.6) is 0 Å². The number of furan rings is 1. The van der Waals surface area contributed by atoms with Gasteiger partial charge in [-0.25, -0.2) is 9.97 Å². The molecule has 0 aromatic carbocycles. The second-order valence-corrected chi connectivity index (χ2v) is 5.12. The summed E-state index contributed by atoms with van der Waals surface area (Å²) in [5.74, 6) is 1.49. The van der Waals surface area contributed by atoms with Gasteiger partial charge in [-0.1, -0.05) is 6.42 Å². The highest BCUT2D eigenvalue weighted by molar-refractivity contribution is 5.52. The summed E-state index contributed by atoms with van der Waals surface area (Å²) in [6, 6.07) is 2.32. The van der Waals surface area contributed by atoms with Gasteiger partial charge in [0.2, 0.25) is 0 Å². The van der Waals surface area contributed by atoms with E-state index in [1.807, 2.05) is 26.2 Å². The van der Waals surface area contributed by atoms with Crippen LogP contribution >= 0.6 is 0 Å². The predicted molar refractivity (Wildman–Crippen MR) is 73.8 cm³/mol. The van der Waals surface area contributed by atoms with E-state index in [0.717, 1.165) is 29.9 Å². The lowest BCUT2D eigenvalue weighted by Crippen LogP contribution is -2.17. The Morgan fingerprint density at radius 1 is 1.37 bits per heavy atom. The van der Waals surface area contributed by atoms with Crippen molar-refractivity contribution >= 4 is 0 Å². The quantitative estimate of drug-likeness (QED) is 0.840. The lowest BCUT2D eigenvalue weighted by Gasteiger charge is -2.15. The van der Waals surface area contributed by atoms with Crippen LogP contribution in [-0.2, 0) is 6.42 Å². The first-order chi connectivity index (χ1) is 9.29. The lowest BCUT2D eigenvalue weighted by molar-refractivity contribution is 0.531. The molecule has 0 saturated carbocycles. The Morgan fingerprint density at radius 3 is 3.00 bits per heavy atom. The summed E-state index contributed by atoms with van der Waals surface area (Å²) >= 11 is 0. The Morgan fingerprint density at radius 2 is 2.26 bits per heavy atom. The van der Waals surface area contributed by atoms with Gasteiger partial charge in [0.1, 0.15) is 0 Å². The number of aryl methyl sites for hydroxylation is 2. The first-order valence-corrected chi connectivity index (χ1v) is 6.87. The van der Waals surface area contributed by atoms with Crippen LogP contribution in [0.4, 0.5) is 0 Å². The van der Waals surface area contributed by atoms with Crippen molar-refractivity contribution in [2.75, 3.05) is 7.05 Å². The minimum Gasteiger partial charge on any atom is -0.461 e. The van der Waals surface area contributed by atoms with Gasteiger partial charge in [0.25, 0.3) is 0 Å². The molecule has 1 aliphatic carbocycles. The molecular weight excluding hydrogens is 238 g/mol. The number of nitrogens with zero attached hydrogens (tertiary/aromatic N) is 2. The van der Waals surface area contributed by atoms with Crippen LogP contribution in [0.2, 0.25) is 0 Å². The fourth-order valence-electron chi connectivity index (χ4n) is 2.73. The number of rotatable bonds is 2. The Kier molecular flexibility index (Phi) is 3.34.